The van der Waals surface area contributed by atoms with Crippen molar-refractivity contribution in [3.05, 3.63) is 92.9 Å². The quantitative estimate of drug-likeness (QED) is 0.337. The number of fused-ring (bicyclic) bond motifs is 1. The summed E-state index contributed by atoms with van der Waals surface area (Å²) in [4.78, 5) is 23.4. The number of carboxylic acid groups (broad SMARTS) is 1. The normalized spacial score (nSPS) is 14.4. The third-order valence-corrected chi connectivity index (χ3v) is 6.85. The van der Waals surface area contributed by atoms with Crippen LogP contribution in [0.4, 0.5) is 13.2 Å². The first kappa shape index (κ1) is 26.3. The maximum Gasteiger partial charge on any atom is 0.422 e. The van der Waals surface area contributed by atoms with Gasteiger partial charge >= 0.3 is 17.8 Å². The number of aryl methyl sites for hydroxylation is 2. The fraction of sp³-hybridized carbons (Fsp3) is 0.231. The van der Waals surface area contributed by atoms with E-state index in [0.717, 1.165) is 12.1 Å². The highest BCUT2D eigenvalue weighted by Crippen LogP contribution is 2.50. The summed E-state index contributed by atoms with van der Waals surface area (Å²) in [6, 6.07) is 13.3. The molecule has 0 radical (unpaired) electrons. The number of alkyl halides is 3. The van der Waals surface area contributed by atoms with E-state index in [1.165, 1.54) is 78.7 Å². The van der Waals surface area contributed by atoms with Crippen LogP contribution in [0, 0.1) is 0 Å². The number of aliphatic hydroxyl groups is 1. The van der Waals surface area contributed by atoms with E-state index in [1.807, 2.05) is 0 Å². The molecule has 4 rings (SSSR count). The molecule has 2 N–H and O–H groups in total. The Hall–Kier alpha value is -3.76. The predicted octanol–water partition coefficient (Wildman–Crippen LogP) is 5.57. The van der Waals surface area contributed by atoms with Crippen LogP contribution in [0.15, 0.2) is 65.5 Å². The van der Waals surface area contributed by atoms with Gasteiger partial charge in [0.05, 0.1) is 16.6 Å². The van der Waals surface area contributed by atoms with Gasteiger partial charge in [0.25, 0.3) is 0 Å². The number of halogens is 4. The number of nitrogens with zero attached hydrogens (tertiary/aromatic N) is 2. The van der Waals surface area contributed by atoms with Gasteiger partial charge in [-0.2, -0.15) is 13.2 Å². The fourth-order valence-corrected chi connectivity index (χ4v) is 4.71. The average molecular weight is 535 g/mol. The number of ether oxygens (including phenoxy) is 1. The van der Waals surface area contributed by atoms with E-state index in [0.29, 0.717) is 5.52 Å². The van der Waals surface area contributed by atoms with Gasteiger partial charge in [-0.05, 0) is 53.6 Å². The second kappa shape index (κ2) is 9.28. The number of aromatic carboxylic acids is 1. The number of carboxylic acids is 1. The largest absolute Gasteiger partial charge is 0.478 e. The van der Waals surface area contributed by atoms with E-state index in [4.69, 9.17) is 21.4 Å². The summed E-state index contributed by atoms with van der Waals surface area (Å²) in [6.07, 6.45) is -5.09. The van der Waals surface area contributed by atoms with Crippen LogP contribution >= 0.6 is 11.6 Å². The van der Waals surface area contributed by atoms with E-state index in [9.17, 15) is 27.9 Å². The third kappa shape index (κ3) is 4.47. The number of benzene rings is 3. The highest BCUT2D eigenvalue weighted by molar-refractivity contribution is 6.31. The first-order chi connectivity index (χ1) is 17.3. The van der Waals surface area contributed by atoms with Crippen molar-refractivity contribution in [3.8, 4) is 11.5 Å². The molecule has 2 atom stereocenters. The molecule has 0 aliphatic rings. The Bertz CT molecular complexity index is 1580. The molecule has 0 amide bonds. The zero-order valence-corrected chi connectivity index (χ0v) is 20.6. The van der Waals surface area contributed by atoms with Crippen LogP contribution in [0.3, 0.4) is 0 Å². The zero-order valence-electron chi connectivity index (χ0n) is 19.9. The summed E-state index contributed by atoms with van der Waals surface area (Å²) < 4.78 is 51.6. The molecule has 0 spiro atoms. The molecule has 0 aliphatic carbocycles. The van der Waals surface area contributed by atoms with Crippen molar-refractivity contribution in [2.24, 2.45) is 14.1 Å². The molecule has 37 heavy (non-hydrogen) atoms. The van der Waals surface area contributed by atoms with E-state index in [2.05, 4.69) is 0 Å². The summed E-state index contributed by atoms with van der Waals surface area (Å²) >= 11 is 6.36. The summed E-state index contributed by atoms with van der Waals surface area (Å²) in [5.41, 5.74) is -3.54. The monoisotopic (exact) mass is 534 g/mol. The molecule has 0 unspecified atom stereocenters. The Morgan fingerprint density at radius 1 is 0.973 bits per heavy atom. The molecule has 7 nitrogen and oxygen atoms in total. The minimum Gasteiger partial charge on any atom is -0.478 e. The van der Waals surface area contributed by atoms with Gasteiger partial charge in [0.15, 0.2) is 5.60 Å². The second-order valence-corrected chi connectivity index (χ2v) is 9.12. The van der Waals surface area contributed by atoms with Gasteiger partial charge in [-0.25, -0.2) is 9.59 Å². The Morgan fingerprint density at radius 2 is 1.62 bits per heavy atom. The van der Waals surface area contributed by atoms with Crippen LogP contribution in [-0.4, -0.2) is 31.5 Å². The maximum absolute atomic E-state index is 14.5. The van der Waals surface area contributed by atoms with Crippen LogP contribution in [0.5, 0.6) is 11.5 Å². The van der Waals surface area contributed by atoms with Crippen LogP contribution in [0.1, 0.15) is 34.3 Å². The average Bonchev–Trinajstić information content (AvgIpc) is 3.06. The maximum atomic E-state index is 14.5. The van der Waals surface area contributed by atoms with Crippen molar-refractivity contribution in [1.82, 2.24) is 9.13 Å². The SMILES string of the molecule is C[C@H](c1ccc(Oc2cccc(C(=O)O)c2)cc1Cl)[C@@](O)(c1ccc2c(c1)n(C)c(=O)n2C)C(F)(F)F. The molecule has 4 aromatic rings. The lowest BCUT2D eigenvalue weighted by Crippen LogP contribution is -2.46. The molecule has 11 heteroatoms. The summed E-state index contributed by atoms with van der Waals surface area (Å²) in [5.74, 6) is -2.33. The Balaban J connectivity index is 1.74. The summed E-state index contributed by atoms with van der Waals surface area (Å²) in [5, 5.41) is 20.3. The van der Waals surface area contributed by atoms with Gasteiger partial charge in [-0.15, -0.1) is 0 Å². The zero-order chi connectivity index (χ0) is 27.3. The van der Waals surface area contributed by atoms with Gasteiger partial charge in [-0.3, -0.25) is 9.13 Å². The fourth-order valence-electron chi connectivity index (χ4n) is 4.38. The molecule has 1 aromatic heterocycles. The van der Waals surface area contributed by atoms with Crippen molar-refractivity contribution in [2.45, 2.75) is 24.6 Å². The third-order valence-electron chi connectivity index (χ3n) is 6.53. The van der Waals surface area contributed by atoms with Gasteiger partial charge < -0.3 is 14.9 Å². The number of aromatic nitrogens is 2. The summed E-state index contributed by atoms with van der Waals surface area (Å²) in [6.45, 7) is 1.21. The molecule has 0 bridgehead atoms. The Labute approximate surface area is 213 Å². The Kier molecular flexibility index (Phi) is 6.60. The van der Waals surface area contributed by atoms with Crippen LogP contribution < -0.4 is 10.4 Å². The van der Waals surface area contributed by atoms with E-state index in [-0.39, 0.29) is 33.2 Å². The van der Waals surface area contributed by atoms with Gasteiger partial charge in [0.2, 0.25) is 0 Å². The molecule has 0 saturated heterocycles. The number of imidazole rings is 1. The predicted molar refractivity (Wildman–Crippen MR) is 131 cm³/mol. The molecule has 194 valence electrons. The lowest BCUT2D eigenvalue weighted by Gasteiger charge is -2.37. The molecule has 0 fully saturated rings. The number of hydrogen-bond donors (Lipinski definition) is 2. The van der Waals surface area contributed by atoms with Crippen molar-refractivity contribution in [3.63, 3.8) is 0 Å². The highest BCUT2D eigenvalue weighted by atomic mass is 35.5. The van der Waals surface area contributed by atoms with Crippen molar-refractivity contribution >= 4 is 28.6 Å². The molecule has 3 aromatic carbocycles. The highest BCUT2D eigenvalue weighted by Gasteiger charge is 2.59. The van der Waals surface area contributed by atoms with Crippen LogP contribution in [0.2, 0.25) is 5.02 Å². The lowest BCUT2D eigenvalue weighted by molar-refractivity contribution is -0.274. The van der Waals surface area contributed by atoms with Crippen molar-refractivity contribution < 1.29 is 32.9 Å². The van der Waals surface area contributed by atoms with Crippen LogP contribution in [-0.2, 0) is 19.7 Å². The van der Waals surface area contributed by atoms with Gasteiger partial charge in [0, 0.05) is 25.0 Å². The standard InChI is InChI=1S/C26H22ClF3N2O5/c1-14(19-9-8-18(13-20(19)27)37-17-6-4-5-15(11-17)23(33)34)25(36,26(28,29)30)16-7-10-21-22(12-16)32(3)24(35)31(21)2/h4-14,36H,1-3H3,(H,33,34)/t14-,25-/m1/s1. The topological polar surface area (TPSA) is 93.7 Å². The second-order valence-electron chi connectivity index (χ2n) is 8.71. The van der Waals surface area contributed by atoms with Crippen molar-refractivity contribution in [1.29, 1.82) is 0 Å². The molecule has 0 saturated carbocycles. The smallest absolute Gasteiger partial charge is 0.422 e. The summed E-state index contributed by atoms with van der Waals surface area (Å²) in [7, 11) is 2.94. The minimum atomic E-state index is -5.09. The first-order valence-electron chi connectivity index (χ1n) is 11.0. The van der Waals surface area contributed by atoms with E-state index < -0.39 is 34.9 Å². The number of carbonyl (C=O) groups is 1. The van der Waals surface area contributed by atoms with Gasteiger partial charge in [-0.1, -0.05) is 36.7 Å². The molecule has 1 heterocycles. The van der Waals surface area contributed by atoms with E-state index >= 15 is 0 Å². The number of hydrogen-bond acceptors (Lipinski definition) is 4. The van der Waals surface area contributed by atoms with Crippen LogP contribution in [0.25, 0.3) is 11.0 Å². The molecular weight excluding hydrogens is 513 g/mol. The first-order valence-corrected chi connectivity index (χ1v) is 11.4. The molecular formula is C26H22ClF3N2O5. The van der Waals surface area contributed by atoms with Crippen molar-refractivity contribution in [2.75, 3.05) is 0 Å². The van der Waals surface area contributed by atoms with E-state index in [1.54, 1.807) is 0 Å². The van der Waals surface area contributed by atoms with Gasteiger partial charge in [0.1, 0.15) is 11.5 Å². The molecule has 0 aliphatic heterocycles. The minimum absolute atomic E-state index is 0.00281. The lowest BCUT2D eigenvalue weighted by atomic mass is 9.77. The number of rotatable bonds is 6. The Morgan fingerprint density at radius 3 is 2.24 bits per heavy atom.